The number of rotatable bonds is 4. The van der Waals surface area contributed by atoms with Gasteiger partial charge in [0, 0.05) is 12.0 Å². The number of ether oxygens (including phenoxy) is 1. The van der Waals surface area contributed by atoms with E-state index < -0.39 is 0 Å². The van der Waals surface area contributed by atoms with Gasteiger partial charge in [0.05, 0.1) is 25.8 Å². The molecule has 0 spiro atoms. The van der Waals surface area contributed by atoms with Crippen LogP contribution in [0.2, 0.25) is 0 Å². The first kappa shape index (κ1) is 14.3. The lowest BCUT2D eigenvalue weighted by atomic mass is 10.1. The Bertz CT molecular complexity index is 695. The molecule has 0 radical (unpaired) electrons. The fourth-order valence-electron chi connectivity index (χ4n) is 2.50. The molecule has 1 aliphatic heterocycles. The molecule has 0 aromatic heterocycles. The molecular formula is C18H18N2O2. The Balaban J connectivity index is 1.72. The summed E-state index contributed by atoms with van der Waals surface area (Å²) in [6.45, 7) is 0.637. The van der Waals surface area contributed by atoms with Gasteiger partial charge in [0.2, 0.25) is 5.91 Å². The minimum atomic E-state index is 0.0316. The lowest BCUT2D eigenvalue weighted by molar-refractivity contribution is -0.130. The van der Waals surface area contributed by atoms with Crippen molar-refractivity contribution in [2.75, 3.05) is 13.7 Å². The van der Waals surface area contributed by atoms with Gasteiger partial charge in [0.1, 0.15) is 5.75 Å². The number of carbonyl (C=O) groups excluding carboxylic acids is 1. The number of amides is 1. The van der Waals surface area contributed by atoms with Crippen molar-refractivity contribution >= 4 is 11.6 Å². The quantitative estimate of drug-likeness (QED) is 0.870. The highest BCUT2D eigenvalue weighted by Crippen LogP contribution is 2.19. The van der Waals surface area contributed by atoms with E-state index in [-0.39, 0.29) is 5.91 Å². The number of hydrazone groups is 1. The predicted molar refractivity (Wildman–Crippen MR) is 86.0 cm³/mol. The monoisotopic (exact) mass is 294 g/mol. The summed E-state index contributed by atoms with van der Waals surface area (Å²) in [6.07, 6.45) is 1.16. The van der Waals surface area contributed by atoms with Gasteiger partial charge >= 0.3 is 0 Å². The second kappa shape index (κ2) is 6.43. The van der Waals surface area contributed by atoms with Gasteiger partial charge in [0.15, 0.2) is 0 Å². The van der Waals surface area contributed by atoms with E-state index in [1.807, 2.05) is 54.6 Å². The van der Waals surface area contributed by atoms with Crippen LogP contribution in [0.3, 0.4) is 0 Å². The van der Waals surface area contributed by atoms with Crippen LogP contribution in [0, 0.1) is 0 Å². The van der Waals surface area contributed by atoms with Gasteiger partial charge in [-0.2, -0.15) is 5.10 Å². The first-order valence-electron chi connectivity index (χ1n) is 7.32. The van der Waals surface area contributed by atoms with Crippen LogP contribution >= 0.6 is 0 Å². The Morgan fingerprint density at radius 3 is 2.77 bits per heavy atom. The first-order valence-corrected chi connectivity index (χ1v) is 7.32. The molecule has 4 nitrogen and oxygen atoms in total. The fraction of sp³-hybridized carbons (Fsp3) is 0.222. The van der Waals surface area contributed by atoms with Crippen molar-refractivity contribution in [3.05, 3.63) is 65.7 Å². The zero-order chi connectivity index (χ0) is 15.4. The van der Waals surface area contributed by atoms with E-state index in [9.17, 15) is 4.79 Å². The lowest BCUT2D eigenvalue weighted by Crippen LogP contribution is -2.25. The van der Waals surface area contributed by atoms with E-state index >= 15 is 0 Å². The summed E-state index contributed by atoms with van der Waals surface area (Å²) in [4.78, 5) is 12.3. The van der Waals surface area contributed by atoms with E-state index in [1.165, 1.54) is 0 Å². The van der Waals surface area contributed by atoms with Crippen LogP contribution in [-0.4, -0.2) is 30.3 Å². The molecule has 3 rings (SSSR count). The summed E-state index contributed by atoms with van der Waals surface area (Å²) >= 11 is 0. The molecule has 0 saturated heterocycles. The van der Waals surface area contributed by atoms with Crippen LogP contribution in [-0.2, 0) is 11.2 Å². The molecule has 1 heterocycles. The van der Waals surface area contributed by atoms with Crippen LogP contribution in [0.25, 0.3) is 0 Å². The molecule has 2 aromatic carbocycles. The largest absolute Gasteiger partial charge is 0.497 e. The Hall–Kier alpha value is -2.62. The molecule has 0 fully saturated rings. The van der Waals surface area contributed by atoms with Gasteiger partial charge in [-0.25, -0.2) is 5.01 Å². The zero-order valence-electron chi connectivity index (χ0n) is 12.5. The Kier molecular flexibility index (Phi) is 4.19. The lowest BCUT2D eigenvalue weighted by Gasteiger charge is -2.11. The van der Waals surface area contributed by atoms with Crippen molar-refractivity contribution in [3.8, 4) is 5.75 Å². The number of benzene rings is 2. The van der Waals surface area contributed by atoms with Gasteiger partial charge in [-0.15, -0.1) is 0 Å². The Morgan fingerprint density at radius 2 is 2.00 bits per heavy atom. The third kappa shape index (κ3) is 3.17. The van der Waals surface area contributed by atoms with Crippen molar-refractivity contribution in [1.29, 1.82) is 0 Å². The van der Waals surface area contributed by atoms with Gasteiger partial charge in [-0.3, -0.25) is 4.79 Å². The Labute approximate surface area is 130 Å². The van der Waals surface area contributed by atoms with E-state index in [4.69, 9.17) is 4.74 Å². The first-order chi connectivity index (χ1) is 10.8. The summed E-state index contributed by atoms with van der Waals surface area (Å²) in [5, 5.41) is 6.05. The molecule has 0 bridgehead atoms. The van der Waals surface area contributed by atoms with Crippen LogP contribution in [0.4, 0.5) is 0 Å². The smallest absolute Gasteiger partial charge is 0.247 e. The number of hydrogen-bond acceptors (Lipinski definition) is 3. The van der Waals surface area contributed by atoms with Crippen molar-refractivity contribution in [1.82, 2.24) is 5.01 Å². The van der Waals surface area contributed by atoms with Crippen LogP contribution in [0.15, 0.2) is 59.7 Å². The number of methoxy groups -OCH3 is 1. The maximum Gasteiger partial charge on any atom is 0.247 e. The van der Waals surface area contributed by atoms with E-state index in [0.29, 0.717) is 13.0 Å². The number of carbonyl (C=O) groups is 1. The summed E-state index contributed by atoms with van der Waals surface area (Å²) in [6, 6.07) is 17.5. The SMILES string of the molecule is COc1cccc(C2=NN(C(=O)Cc3ccccc3)CC2)c1. The molecule has 1 aliphatic rings. The molecule has 2 aromatic rings. The van der Waals surface area contributed by atoms with Gasteiger partial charge < -0.3 is 4.74 Å². The minimum Gasteiger partial charge on any atom is -0.497 e. The highest BCUT2D eigenvalue weighted by Gasteiger charge is 2.21. The van der Waals surface area contributed by atoms with Gasteiger partial charge in [-0.05, 0) is 17.7 Å². The summed E-state index contributed by atoms with van der Waals surface area (Å²) < 4.78 is 5.23. The van der Waals surface area contributed by atoms with E-state index in [1.54, 1.807) is 12.1 Å². The molecule has 0 aliphatic carbocycles. The molecule has 0 N–H and O–H groups in total. The fourth-order valence-corrected chi connectivity index (χ4v) is 2.50. The highest BCUT2D eigenvalue weighted by molar-refractivity contribution is 6.03. The van der Waals surface area contributed by atoms with Crippen molar-refractivity contribution in [2.24, 2.45) is 5.10 Å². The topological polar surface area (TPSA) is 41.9 Å². The molecule has 0 saturated carbocycles. The molecule has 112 valence electrons. The van der Waals surface area contributed by atoms with Gasteiger partial charge in [0.25, 0.3) is 0 Å². The zero-order valence-corrected chi connectivity index (χ0v) is 12.5. The van der Waals surface area contributed by atoms with Crippen molar-refractivity contribution < 1.29 is 9.53 Å². The molecule has 4 heteroatoms. The highest BCUT2D eigenvalue weighted by atomic mass is 16.5. The summed E-state index contributed by atoms with van der Waals surface area (Å²) in [7, 11) is 1.64. The second-order valence-electron chi connectivity index (χ2n) is 5.21. The average Bonchev–Trinajstić information content (AvgIpc) is 3.06. The standard InChI is InChI=1S/C18H18N2O2/c1-22-16-9-5-8-15(13-16)17-10-11-20(19-17)18(21)12-14-6-3-2-4-7-14/h2-9,13H,10-12H2,1H3. The van der Waals surface area contributed by atoms with Gasteiger partial charge in [-0.1, -0.05) is 42.5 Å². The summed E-state index contributed by atoms with van der Waals surface area (Å²) in [5.74, 6) is 0.832. The number of nitrogens with zero attached hydrogens (tertiary/aromatic N) is 2. The van der Waals surface area contributed by atoms with Crippen LogP contribution in [0.5, 0.6) is 5.75 Å². The van der Waals surface area contributed by atoms with Crippen LogP contribution < -0.4 is 4.74 Å². The average molecular weight is 294 g/mol. The van der Waals surface area contributed by atoms with Crippen molar-refractivity contribution in [3.63, 3.8) is 0 Å². The molecule has 0 atom stereocenters. The molecule has 1 amide bonds. The van der Waals surface area contributed by atoms with Crippen LogP contribution in [0.1, 0.15) is 17.5 Å². The third-order valence-electron chi connectivity index (χ3n) is 3.69. The second-order valence-corrected chi connectivity index (χ2v) is 5.21. The van der Waals surface area contributed by atoms with Crippen molar-refractivity contribution in [2.45, 2.75) is 12.8 Å². The van der Waals surface area contributed by atoms with E-state index in [2.05, 4.69) is 5.10 Å². The minimum absolute atomic E-state index is 0.0316. The normalized spacial score (nSPS) is 13.9. The Morgan fingerprint density at radius 1 is 1.18 bits per heavy atom. The molecular weight excluding hydrogens is 276 g/mol. The maximum absolute atomic E-state index is 12.3. The molecule has 22 heavy (non-hydrogen) atoms. The number of hydrogen-bond donors (Lipinski definition) is 0. The maximum atomic E-state index is 12.3. The van der Waals surface area contributed by atoms with E-state index in [0.717, 1.165) is 29.0 Å². The third-order valence-corrected chi connectivity index (χ3v) is 3.69. The summed E-state index contributed by atoms with van der Waals surface area (Å²) in [5.41, 5.74) is 2.95. The molecule has 0 unspecified atom stereocenters. The predicted octanol–water partition coefficient (Wildman–Crippen LogP) is 2.87.